The predicted octanol–water partition coefficient (Wildman–Crippen LogP) is 5.06. The van der Waals surface area contributed by atoms with Gasteiger partial charge in [0.25, 0.3) is 0 Å². The first-order valence-corrected chi connectivity index (χ1v) is 14.7. The predicted molar refractivity (Wildman–Crippen MR) is 147 cm³/mol. The van der Waals surface area contributed by atoms with Gasteiger partial charge in [0.05, 0.1) is 11.9 Å². The third-order valence-corrected chi connectivity index (χ3v) is 7.90. The molecule has 0 aliphatic carbocycles. The maximum atomic E-state index is 13.4. The Kier molecular flexibility index (Phi) is 11.4. The quantitative estimate of drug-likeness (QED) is 0.376. The van der Waals surface area contributed by atoms with Crippen LogP contribution in [-0.4, -0.2) is 50.0 Å². The van der Waals surface area contributed by atoms with Gasteiger partial charge >= 0.3 is 0 Å². The summed E-state index contributed by atoms with van der Waals surface area (Å²) in [6.07, 6.45) is 2.52. The third kappa shape index (κ3) is 8.71. The van der Waals surface area contributed by atoms with Gasteiger partial charge in [-0.3, -0.25) is 13.9 Å². The molecule has 2 aromatic carbocycles. The Morgan fingerprint density at radius 2 is 1.73 bits per heavy atom. The summed E-state index contributed by atoms with van der Waals surface area (Å²) >= 11 is 6.20. The van der Waals surface area contributed by atoms with Gasteiger partial charge < -0.3 is 10.2 Å². The molecule has 204 valence electrons. The Labute approximate surface area is 225 Å². The highest BCUT2D eigenvalue weighted by Crippen LogP contribution is 2.28. The van der Waals surface area contributed by atoms with Crippen molar-refractivity contribution in [3.63, 3.8) is 0 Å². The summed E-state index contributed by atoms with van der Waals surface area (Å²) < 4.78 is 39.8. The van der Waals surface area contributed by atoms with Crippen LogP contribution in [0.5, 0.6) is 0 Å². The molecule has 0 unspecified atom stereocenters. The number of benzene rings is 2. The molecule has 0 radical (unpaired) electrons. The maximum Gasteiger partial charge on any atom is 0.243 e. The molecule has 0 heterocycles. The number of nitrogens with zero attached hydrogens (tertiary/aromatic N) is 2. The number of sulfonamides is 1. The maximum absolute atomic E-state index is 13.4. The molecule has 2 amide bonds. The number of nitrogens with one attached hydrogen (secondary N) is 1. The molecule has 0 saturated carbocycles. The fraction of sp³-hybridized carbons (Fsp3) is 0.481. The van der Waals surface area contributed by atoms with E-state index in [-0.39, 0.29) is 49.6 Å². The third-order valence-electron chi connectivity index (χ3n) is 6.31. The first-order valence-electron chi connectivity index (χ1n) is 12.5. The molecule has 0 aromatic heterocycles. The highest BCUT2D eigenvalue weighted by atomic mass is 35.5. The number of anilines is 1. The molecule has 37 heavy (non-hydrogen) atoms. The van der Waals surface area contributed by atoms with Gasteiger partial charge in [-0.1, -0.05) is 43.6 Å². The topological polar surface area (TPSA) is 86.8 Å². The van der Waals surface area contributed by atoms with Crippen LogP contribution in [0.3, 0.4) is 0 Å². The van der Waals surface area contributed by atoms with Crippen molar-refractivity contribution in [2.24, 2.45) is 0 Å². The SMILES string of the molecule is CC[C@H](C)NC(=O)[C@H](CC)N(Cc1ccc(F)cc1)C(=O)CCCN(c1cccc(Cl)c1C)S(C)(=O)=O. The number of carbonyl (C=O) groups is 2. The summed E-state index contributed by atoms with van der Waals surface area (Å²) in [5.41, 5.74) is 1.79. The number of carbonyl (C=O) groups excluding carboxylic acids is 2. The largest absolute Gasteiger partial charge is 0.352 e. The zero-order valence-corrected chi connectivity index (χ0v) is 23.7. The van der Waals surface area contributed by atoms with Crippen molar-refractivity contribution >= 4 is 39.1 Å². The fourth-order valence-corrected chi connectivity index (χ4v) is 5.18. The molecule has 2 atom stereocenters. The van der Waals surface area contributed by atoms with Crippen LogP contribution in [0.4, 0.5) is 10.1 Å². The van der Waals surface area contributed by atoms with Crippen LogP contribution in [0.15, 0.2) is 42.5 Å². The first kappa shape index (κ1) is 30.6. The smallest absolute Gasteiger partial charge is 0.243 e. The number of hydrogen-bond acceptors (Lipinski definition) is 4. The van der Waals surface area contributed by atoms with Crippen LogP contribution < -0.4 is 9.62 Å². The Morgan fingerprint density at radius 3 is 2.30 bits per heavy atom. The first-order chi connectivity index (χ1) is 17.4. The Balaban J connectivity index is 2.25. The number of amides is 2. The van der Waals surface area contributed by atoms with Crippen LogP contribution in [0, 0.1) is 12.7 Å². The van der Waals surface area contributed by atoms with Gasteiger partial charge in [-0.15, -0.1) is 0 Å². The second kappa shape index (κ2) is 13.8. The fourth-order valence-electron chi connectivity index (χ4n) is 4.00. The van der Waals surface area contributed by atoms with Crippen molar-refractivity contribution in [2.45, 2.75) is 72.0 Å². The van der Waals surface area contributed by atoms with Gasteiger partial charge in [0.2, 0.25) is 21.8 Å². The Morgan fingerprint density at radius 1 is 1.08 bits per heavy atom. The lowest BCUT2D eigenvalue weighted by atomic mass is 10.1. The molecule has 7 nitrogen and oxygen atoms in total. The molecule has 1 N–H and O–H groups in total. The van der Waals surface area contributed by atoms with Crippen LogP contribution in [0.25, 0.3) is 0 Å². The van der Waals surface area contributed by atoms with E-state index in [9.17, 15) is 22.4 Å². The van der Waals surface area contributed by atoms with Crippen molar-refractivity contribution in [3.8, 4) is 0 Å². The minimum absolute atomic E-state index is 0.0277. The van der Waals surface area contributed by atoms with E-state index in [1.54, 1.807) is 37.3 Å². The summed E-state index contributed by atoms with van der Waals surface area (Å²) in [6, 6.07) is 10.1. The average Bonchev–Trinajstić information content (AvgIpc) is 2.84. The van der Waals surface area contributed by atoms with E-state index < -0.39 is 16.1 Å². The number of hydrogen-bond donors (Lipinski definition) is 1. The summed E-state index contributed by atoms with van der Waals surface area (Å²) in [6.45, 7) is 7.64. The van der Waals surface area contributed by atoms with E-state index in [1.165, 1.54) is 21.3 Å². The molecular weight excluding hydrogens is 517 g/mol. The van der Waals surface area contributed by atoms with Crippen LogP contribution in [0.2, 0.25) is 5.02 Å². The van der Waals surface area contributed by atoms with E-state index in [1.807, 2.05) is 20.8 Å². The van der Waals surface area contributed by atoms with Gasteiger partial charge in [-0.05, 0) is 68.5 Å². The van der Waals surface area contributed by atoms with Gasteiger partial charge in [0, 0.05) is 30.6 Å². The standard InChI is InChI=1S/C27H37ClFN3O4S/c1-6-19(3)30-27(34)24(7-2)31(18-21-13-15-22(29)16-14-21)26(33)12-9-17-32(37(5,35)36)25-11-8-10-23(28)20(25)4/h8,10-11,13-16,19,24H,6-7,9,12,17-18H2,1-5H3,(H,30,34)/t19-,24-/m0/s1. The second-order valence-electron chi connectivity index (χ2n) is 9.21. The van der Waals surface area contributed by atoms with Crippen molar-refractivity contribution in [3.05, 3.63) is 64.4 Å². The highest BCUT2D eigenvalue weighted by molar-refractivity contribution is 7.92. The highest BCUT2D eigenvalue weighted by Gasteiger charge is 2.29. The second-order valence-corrected chi connectivity index (χ2v) is 11.5. The summed E-state index contributed by atoms with van der Waals surface area (Å²) in [7, 11) is -3.63. The van der Waals surface area contributed by atoms with Gasteiger partial charge in [0.15, 0.2) is 0 Å². The van der Waals surface area contributed by atoms with E-state index >= 15 is 0 Å². The molecule has 10 heteroatoms. The van der Waals surface area contributed by atoms with Gasteiger partial charge in [-0.25, -0.2) is 12.8 Å². The molecule has 2 aromatic rings. The normalized spacial score (nSPS) is 13.1. The van der Waals surface area contributed by atoms with Crippen LogP contribution >= 0.6 is 11.6 Å². The summed E-state index contributed by atoms with van der Waals surface area (Å²) in [5.74, 6) is -0.924. The van der Waals surface area contributed by atoms with Crippen LogP contribution in [-0.2, 0) is 26.2 Å². The van der Waals surface area contributed by atoms with Gasteiger partial charge in [0.1, 0.15) is 11.9 Å². The molecule has 0 fully saturated rings. The monoisotopic (exact) mass is 553 g/mol. The van der Waals surface area contributed by atoms with Crippen molar-refractivity contribution in [1.29, 1.82) is 0 Å². The lowest BCUT2D eigenvalue weighted by Gasteiger charge is -2.32. The van der Waals surface area contributed by atoms with Crippen molar-refractivity contribution < 1.29 is 22.4 Å². The Bertz CT molecular complexity index is 1170. The molecule has 0 bridgehead atoms. The van der Waals surface area contributed by atoms with E-state index in [0.717, 1.165) is 12.7 Å². The summed E-state index contributed by atoms with van der Waals surface area (Å²) in [5, 5.41) is 3.39. The Hall–Kier alpha value is -2.65. The minimum atomic E-state index is -3.63. The van der Waals surface area contributed by atoms with Gasteiger partial charge in [-0.2, -0.15) is 0 Å². The van der Waals surface area contributed by atoms with Crippen LogP contribution in [0.1, 0.15) is 57.6 Å². The van der Waals surface area contributed by atoms with Crippen molar-refractivity contribution in [1.82, 2.24) is 10.2 Å². The van der Waals surface area contributed by atoms with Crippen molar-refractivity contribution in [2.75, 3.05) is 17.1 Å². The molecule has 2 rings (SSSR count). The van der Waals surface area contributed by atoms with E-state index in [2.05, 4.69) is 5.32 Å². The number of rotatable bonds is 13. The minimum Gasteiger partial charge on any atom is -0.352 e. The zero-order chi connectivity index (χ0) is 27.8. The van der Waals surface area contributed by atoms with E-state index in [4.69, 9.17) is 11.6 Å². The molecular formula is C27H37ClFN3O4S. The molecule has 0 saturated heterocycles. The molecule has 0 aliphatic rings. The number of halogens is 2. The average molecular weight is 554 g/mol. The molecule has 0 aliphatic heterocycles. The zero-order valence-electron chi connectivity index (χ0n) is 22.1. The lowest BCUT2D eigenvalue weighted by molar-refractivity contribution is -0.141. The lowest BCUT2D eigenvalue weighted by Crippen LogP contribution is -2.50. The summed E-state index contributed by atoms with van der Waals surface area (Å²) in [4.78, 5) is 28.0. The van der Waals surface area contributed by atoms with E-state index in [0.29, 0.717) is 28.3 Å². The molecule has 0 spiro atoms.